The number of halogens is 3. The number of carbonyl (C=O) groups excluding carboxylic acids is 3. The molecule has 2 rings (SSSR count). The monoisotopic (exact) mass is 416 g/mol. The van der Waals surface area contributed by atoms with Gasteiger partial charge in [0.2, 0.25) is 5.91 Å². The van der Waals surface area contributed by atoms with Crippen LogP contribution < -0.4 is 10.9 Å². The highest BCUT2D eigenvalue weighted by Gasteiger charge is 2.33. The molecule has 0 aromatic carbocycles. The number of aromatic nitrogens is 1. The van der Waals surface area contributed by atoms with Crippen LogP contribution in [-0.4, -0.2) is 46.5 Å². The van der Waals surface area contributed by atoms with Crippen LogP contribution in [0.2, 0.25) is 0 Å². The summed E-state index contributed by atoms with van der Waals surface area (Å²) in [6.45, 7) is 5.75. The number of hydrogen-bond acceptors (Lipinski definition) is 5. The van der Waals surface area contributed by atoms with Gasteiger partial charge in [-0.15, -0.1) is 0 Å². The van der Waals surface area contributed by atoms with Crippen LogP contribution in [0.25, 0.3) is 0 Å². The predicted octanol–water partition coefficient (Wildman–Crippen LogP) is 2.51. The van der Waals surface area contributed by atoms with Gasteiger partial charge in [-0.2, -0.15) is 13.2 Å². The van der Waals surface area contributed by atoms with Crippen molar-refractivity contribution in [2.24, 2.45) is 5.92 Å². The standard InChI is InChI=1S/C18H23F3N4O4/c1-17(2,3)29-16(28)25-9-5-6-11(10-25)14(26)23-24-15(27)12-7-4-8-13(22-12)18(19,20)21/h4,7-8,11H,5-6,9-10H2,1-3H3,(H,23,26)(H,24,27). The van der Waals surface area contributed by atoms with Crippen molar-refractivity contribution in [2.45, 2.75) is 45.4 Å². The van der Waals surface area contributed by atoms with Gasteiger partial charge >= 0.3 is 12.3 Å². The zero-order chi connectivity index (χ0) is 21.8. The van der Waals surface area contributed by atoms with E-state index in [1.807, 2.05) is 0 Å². The summed E-state index contributed by atoms with van der Waals surface area (Å²) < 4.78 is 43.3. The molecular formula is C18H23F3N4O4. The summed E-state index contributed by atoms with van der Waals surface area (Å²) in [5.74, 6) is -2.13. The number of pyridine rings is 1. The summed E-state index contributed by atoms with van der Waals surface area (Å²) in [7, 11) is 0. The lowest BCUT2D eigenvalue weighted by Crippen LogP contribution is -2.50. The number of likely N-dealkylation sites (tertiary alicyclic amines) is 1. The van der Waals surface area contributed by atoms with Crippen molar-refractivity contribution in [3.63, 3.8) is 0 Å². The molecule has 1 aromatic heterocycles. The molecule has 0 radical (unpaired) electrons. The molecule has 2 N–H and O–H groups in total. The van der Waals surface area contributed by atoms with Crippen LogP contribution in [0.1, 0.15) is 49.8 Å². The molecule has 8 nitrogen and oxygen atoms in total. The quantitative estimate of drug-likeness (QED) is 0.722. The number of piperidine rings is 1. The van der Waals surface area contributed by atoms with E-state index < -0.39 is 47.0 Å². The summed E-state index contributed by atoms with van der Waals surface area (Å²) in [6, 6.07) is 2.89. The Labute approximate surface area is 165 Å². The molecule has 1 fully saturated rings. The average molecular weight is 416 g/mol. The molecule has 160 valence electrons. The van der Waals surface area contributed by atoms with Crippen LogP contribution in [0.15, 0.2) is 18.2 Å². The number of rotatable bonds is 2. The molecule has 0 saturated carbocycles. The summed E-state index contributed by atoms with van der Waals surface area (Å²) in [4.78, 5) is 41.1. The maximum absolute atomic E-state index is 12.7. The molecule has 1 saturated heterocycles. The lowest BCUT2D eigenvalue weighted by Gasteiger charge is -2.33. The fourth-order valence-corrected chi connectivity index (χ4v) is 2.69. The Morgan fingerprint density at radius 2 is 1.86 bits per heavy atom. The predicted molar refractivity (Wildman–Crippen MR) is 95.4 cm³/mol. The first-order valence-electron chi connectivity index (χ1n) is 8.99. The van der Waals surface area contributed by atoms with Crippen molar-refractivity contribution >= 4 is 17.9 Å². The van der Waals surface area contributed by atoms with Gasteiger partial charge in [0.15, 0.2) is 0 Å². The minimum absolute atomic E-state index is 0.110. The molecule has 1 unspecified atom stereocenters. The summed E-state index contributed by atoms with van der Waals surface area (Å²) in [5.41, 5.74) is 1.87. The van der Waals surface area contributed by atoms with Crippen LogP contribution in [0.3, 0.4) is 0 Å². The molecule has 0 bridgehead atoms. The van der Waals surface area contributed by atoms with Crippen molar-refractivity contribution in [1.29, 1.82) is 0 Å². The fraction of sp³-hybridized carbons (Fsp3) is 0.556. The van der Waals surface area contributed by atoms with E-state index in [2.05, 4.69) is 15.8 Å². The molecular weight excluding hydrogens is 393 g/mol. The summed E-state index contributed by atoms with van der Waals surface area (Å²) in [6.07, 6.45) is -4.16. The highest BCUT2D eigenvalue weighted by atomic mass is 19.4. The Kier molecular flexibility index (Phi) is 6.70. The van der Waals surface area contributed by atoms with E-state index in [0.717, 1.165) is 18.2 Å². The van der Waals surface area contributed by atoms with Crippen molar-refractivity contribution in [2.75, 3.05) is 13.1 Å². The first-order chi connectivity index (χ1) is 13.4. The third kappa shape index (κ3) is 6.61. The smallest absolute Gasteiger partial charge is 0.433 e. The molecule has 2 heterocycles. The normalized spacial score (nSPS) is 17.4. The van der Waals surface area contributed by atoms with E-state index >= 15 is 0 Å². The second kappa shape index (κ2) is 8.66. The minimum Gasteiger partial charge on any atom is -0.444 e. The third-order valence-electron chi connectivity index (χ3n) is 4.02. The van der Waals surface area contributed by atoms with Crippen molar-refractivity contribution in [1.82, 2.24) is 20.7 Å². The number of hydrazine groups is 1. The van der Waals surface area contributed by atoms with Gasteiger partial charge in [0.05, 0.1) is 5.92 Å². The van der Waals surface area contributed by atoms with Crippen LogP contribution in [0, 0.1) is 5.92 Å². The Hall–Kier alpha value is -2.85. The molecule has 11 heteroatoms. The second-order valence-corrected chi connectivity index (χ2v) is 7.61. The topological polar surface area (TPSA) is 101 Å². The third-order valence-corrected chi connectivity index (χ3v) is 4.02. The number of ether oxygens (including phenoxy) is 1. The minimum atomic E-state index is -4.69. The SMILES string of the molecule is CC(C)(C)OC(=O)N1CCCC(C(=O)NNC(=O)c2cccc(C(F)(F)F)n2)C1. The average Bonchev–Trinajstić information content (AvgIpc) is 2.64. The number of nitrogens with zero attached hydrogens (tertiary/aromatic N) is 2. The van der Waals surface area contributed by atoms with Crippen molar-refractivity contribution in [3.05, 3.63) is 29.6 Å². The Balaban J connectivity index is 1.92. The Morgan fingerprint density at radius 1 is 1.17 bits per heavy atom. The molecule has 3 amide bonds. The molecule has 1 aliphatic heterocycles. The lowest BCUT2D eigenvalue weighted by atomic mass is 9.98. The molecule has 1 aromatic rings. The van der Waals surface area contributed by atoms with Gasteiger partial charge in [0, 0.05) is 13.1 Å². The van der Waals surface area contributed by atoms with E-state index in [0.29, 0.717) is 19.4 Å². The van der Waals surface area contributed by atoms with E-state index in [1.165, 1.54) is 4.90 Å². The number of carbonyl (C=O) groups is 3. The highest BCUT2D eigenvalue weighted by molar-refractivity contribution is 5.94. The van der Waals surface area contributed by atoms with Gasteiger partial charge in [-0.25, -0.2) is 9.78 Å². The second-order valence-electron chi connectivity index (χ2n) is 7.61. The van der Waals surface area contributed by atoms with Gasteiger partial charge in [-0.3, -0.25) is 20.4 Å². The largest absolute Gasteiger partial charge is 0.444 e. The number of nitrogens with one attached hydrogen (secondary N) is 2. The van der Waals surface area contributed by atoms with Crippen molar-refractivity contribution < 1.29 is 32.3 Å². The van der Waals surface area contributed by atoms with E-state index in [9.17, 15) is 27.6 Å². The number of amides is 3. The zero-order valence-corrected chi connectivity index (χ0v) is 16.3. The maximum atomic E-state index is 12.7. The Bertz CT molecular complexity index is 777. The van der Waals surface area contributed by atoms with Gasteiger partial charge in [0.25, 0.3) is 5.91 Å². The van der Waals surface area contributed by atoms with Gasteiger partial charge in [-0.05, 0) is 45.7 Å². The molecule has 0 aliphatic carbocycles. The van der Waals surface area contributed by atoms with E-state index in [1.54, 1.807) is 20.8 Å². The number of hydrogen-bond donors (Lipinski definition) is 2. The molecule has 0 spiro atoms. The summed E-state index contributed by atoms with van der Waals surface area (Å²) >= 11 is 0. The van der Waals surface area contributed by atoms with Crippen LogP contribution in [-0.2, 0) is 15.7 Å². The van der Waals surface area contributed by atoms with Crippen LogP contribution in [0.4, 0.5) is 18.0 Å². The first kappa shape index (κ1) is 22.4. The van der Waals surface area contributed by atoms with Crippen molar-refractivity contribution in [3.8, 4) is 0 Å². The fourth-order valence-electron chi connectivity index (χ4n) is 2.69. The van der Waals surface area contributed by atoms with Gasteiger partial charge in [-0.1, -0.05) is 6.07 Å². The van der Waals surface area contributed by atoms with Crippen LogP contribution in [0.5, 0.6) is 0 Å². The molecule has 1 aliphatic rings. The lowest BCUT2D eigenvalue weighted by molar-refractivity contribution is -0.141. The molecule has 29 heavy (non-hydrogen) atoms. The first-order valence-corrected chi connectivity index (χ1v) is 8.99. The number of alkyl halides is 3. The maximum Gasteiger partial charge on any atom is 0.433 e. The van der Waals surface area contributed by atoms with Gasteiger partial charge in [0.1, 0.15) is 17.0 Å². The zero-order valence-electron chi connectivity index (χ0n) is 16.3. The Morgan fingerprint density at radius 3 is 2.48 bits per heavy atom. The highest BCUT2D eigenvalue weighted by Crippen LogP contribution is 2.27. The van der Waals surface area contributed by atoms with Gasteiger partial charge < -0.3 is 9.64 Å². The van der Waals surface area contributed by atoms with Crippen LogP contribution >= 0.6 is 0 Å². The molecule has 1 atom stereocenters. The van der Waals surface area contributed by atoms with E-state index in [4.69, 9.17) is 4.74 Å². The van der Waals surface area contributed by atoms with E-state index in [-0.39, 0.29) is 6.54 Å². The summed E-state index contributed by atoms with van der Waals surface area (Å²) in [5, 5.41) is 0.